The van der Waals surface area contributed by atoms with E-state index < -0.39 is 0 Å². The van der Waals surface area contributed by atoms with Gasteiger partial charge in [0, 0.05) is 24.4 Å². The second-order valence-corrected chi connectivity index (χ2v) is 9.92. The lowest BCUT2D eigenvalue weighted by Gasteiger charge is -2.24. The van der Waals surface area contributed by atoms with Gasteiger partial charge in [-0.25, -0.2) is 10.0 Å². The Bertz CT molecular complexity index is 1320. The summed E-state index contributed by atoms with van der Waals surface area (Å²) in [7, 11) is 2.19. The first-order chi connectivity index (χ1) is 19.2. The number of hydrogen-bond acceptors (Lipinski definition) is 7. The fourth-order valence-electron chi connectivity index (χ4n) is 4.87. The Kier molecular flexibility index (Phi) is 9.04. The zero-order chi connectivity index (χ0) is 26.9. The molecule has 0 amide bonds. The number of nitrogens with zero attached hydrogens (tertiary/aromatic N) is 4. The molecule has 1 aromatic heterocycles. The van der Waals surface area contributed by atoms with Crippen molar-refractivity contribution in [1.82, 2.24) is 14.9 Å². The van der Waals surface area contributed by atoms with Crippen molar-refractivity contribution in [2.24, 2.45) is 0 Å². The highest BCUT2D eigenvalue weighted by Crippen LogP contribution is 2.36. The molecule has 1 aliphatic rings. The first-order valence-corrected chi connectivity index (χ1v) is 13.8. The molecule has 1 unspecified atom stereocenters. The minimum atomic E-state index is 0.0303. The van der Waals surface area contributed by atoms with Crippen molar-refractivity contribution in [3.63, 3.8) is 0 Å². The molecule has 202 valence electrons. The van der Waals surface area contributed by atoms with E-state index in [1.165, 1.54) is 12.0 Å². The van der Waals surface area contributed by atoms with Crippen LogP contribution in [0.4, 0.5) is 17.5 Å². The van der Waals surface area contributed by atoms with Crippen LogP contribution in [0.3, 0.4) is 0 Å². The number of para-hydroxylation sites is 1. The third-order valence-electron chi connectivity index (χ3n) is 6.81. The lowest BCUT2D eigenvalue weighted by molar-refractivity contribution is 0.157. The Morgan fingerprint density at radius 3 is 2.62 bits per heavy atom. The van der Waals surface area contributed by atoms with Crippen LogP contribution >= 0.6 is 0 Å². The van der Waals surface area contributed by atoms with Gasteiger partial charge < -0.3 is 15.0 Å². The highest BCUT2D eigenvalue weighted by Gasteiger charge is 2.29. The monoisotopic (exact) mass is 523 g/mol. The van der Waals surface area contributed by atoms with E-state index in [1.807, 2.05) is 53.6 Å². The maximum Gasteiger partial charge on any atom is 0.229 e. The Hall–Kier alpha value is -3.94. The minimum absolute atomic E-state index is 0.0303. The molecule has 1 fully saturated rings. The van der Waals surface area contributed by atoms with Gasteiger partial charge in [0.15, 0.2) is 5.82 Å². The number of hydrogen-bond donors (Lipinski definition) is 1. The van der Waals surface area contributed by atoms with Crippen LogP contribution in [0, 0.1) is 0 Å². The van der Waals surface area contributed by atoms with Crippen LogP contribution in [-0.4, -0.2) is 41.6 Å². The molecular weight excluding hydrogens is 486 g/mol. The van der Waals surface area contributed by atoms with E-state index in [1.54, 1.807) is 6.20 Å². The van der Waals surface area contributed by atoms with E-state index in [9.17, 15) is 0 Å². The van der Waals surface area contributed by atoms with Crippen molar-refractivity contribution < 1.29 is 9.57 Å². The highest BCUT2D eigenvalue weighted by molar-refractivity contribution is 5.55. The molecule has 0 radical (unpaired) electrons. The molecule has 5 rings (SSSR count). The predicted octanol–water partition coefficient (Wildman–Crippen LogP) is 7.17. The fraction of sp³-hybridized carbons (Fsp3) is 0.312. The lowest BCUT2D eigenvalue weighted by atomic mass is 10.0. The Labute approximate surface area is 231 Å². The average molecular weight is 524 g/mol. The normalized spacial score (nSPS) is 15.1. The standard InChI is InChI=1S/C32H37N5O2/c1-3-21-36(2)22-8-9-25-14-16-27(17-15-25)34-32-33-20-18-31(35-32)37-30(19-23-38-37)26-10-7-13-29(24-26)39-28-11-5-4-6-12-28/h4-7,10-18,20,24,30H,3,8-9,19,21-23H2,1-2H3,(H,33,34,35). The molecule has 7 heteroatoms. The van der Waals surface area contributed by atoms with Gasteiger partial charge >= 0.3 is 0 Å². The molecule has 0 saturated carbocycles. The number of aryl methyl sites for hydroxylation is 1. The summed E-state index contributed by atoms with van der Waals surface area (Å²) in [6, 6.07) is 28.4. The topological polar surface area (TPSA) is 62.8 Å². The number of anilines is 3. The van der Waals surface area contributed by atoms with Crippen molar-refractivity contribution in [1.29, 1.82) is 0 Å². The van der Waals surface area contributed by atoms with Crippen molar-refractivity contribution in [3.05, 3.63) is 102 Å². The maximum atomic E-state index is 6.06. The second-order valence-electron chi connectivity index (χ2n) is 9.92. The molecule has 2 heterocycles. The molecule has 7 nitrogen and oxygen atoms in total. The zero-order valence-electron chi connectivity index (χ0n) is 22.8. The van der Waals surface area contributed by atoms with Crippen molar-refractivity contribution in [2.75, 3.05) is 37.1 Å². The van der Waals surface area contributed by atoms with Gasteiger partial charge in [-0.15, -0.1) is 0 Å². The Balaban J connectivity index is 1.22. The Morgan fingerprint density at radius 2 is 1.79 bits per heavy atom. The molecule has 0 bridgehead atoms. The molecule has 1 N–H and O–H groups in total. The van der Waals surface area contributed by atoms with E-state index in [0.717, 1.165) is 60.9 Å². The van der Waals surface area contributed by atoms with Crippen molar-refractivity contribution in [2.45, 2.75) is 38.6 Å². The predicted molar refractivity (Wildman–Crippen MR) is 157 cm³/mol. The molecule has 0 spiro atoms. The average Bonchev–Trinajstić information content (AvgIpc) is 3.45. The summed E-state index contributed by atoms with van der Waals surface area (Å²) in [4.78, 5) is 17.6. The van der Waals surface area contributed by atoms with Crippen molar-refractivity contribution >= 4 is 17.5 Å². The molecule has 1 saturated heterocycles. The fourth-order valence-corrected chi connectivity index (χ4v) is 4.87. The Morgan fingerprint density at radius 1 is 0.974 bits per heavy atom. The van der Waals surface area contributed by atoms with Gasteiger partial charge in [0.25, 0.3) is 0 Å². The summed E-state index contributed by atoms with van der Waals surface area (Å²) >= 11 is 0. The molecule has 3 aromatic carbocycles. The largest absolute Gasteiger partial charge is 0.457 e. The molecule has 0 aliphatic carbocycles. The van der Waals surface area contributed by atoms with Crippen LogP contribution in [0.5, 0.6) is 11.5 Å². The SMILES string of the molecule is CCCN(C)CCCc1ccc(Nc2nccc(N3OCCC3c3cccc(Oc4ccccc4)c3)n2)cc1. The number of aromatic nitrogens is 2. The van der Waals surface area contributed by atoms with Gasteiger partial charge in [-0.2, -0.15) is 4.98 Å². The summed E-state index contributed by atoms with van der Waals surface area (Å²) in [6.07, 6.45) is 6.05. The van der Waals surface area contributed by atoms with Crippen molar-refractivity contribution in [3.8, 4) is 11.5 Å². The minimum Gasteiger partial charge on any atom is -0.457 e. The maximum absolute atomic E-state index is 6.06. The smallest absolute Gasteiger partial charge is 0.229 e. The number of benzene rings is 3. The lowest BCUT2D eigenvalue weighted by Crippen LogP contribution is -2.22. The van der Waals surface area contributed by atoms with Gasteiger partial charge in [-0.05, 0) is 86.9 Å². The summed E-state index contributed by atoms with van der Waals surface area (Å²) in [6.45, 7) is 5.12. The van der Waals surface area contributed by atoms with Gasteiger partial charge in [0.1, 0.15) is 11.5 Å². The van der Waals surface area contributed by atoms with Crippen LogP contribution in [0.1, 0.15) is 43.4 Å². The summed E-state index contributed by atoms with van der Waals surface area (Å²) in [5.41, 5.74) is 3.42. The molecular formula is C32H37N5O2. The van der Waals surface area contributed by atoms with Crippen LogP contribution in [-0.2, 0) is 11.3 Å². The van der Waals surface area contributed by atoms with Crippen LogP contribution in [0.25, 0.3) is 0 Å². The van der Waals surface area contributed by atoms with E-state index in [2.05, 4.69) is 65.6 Å². The molecule has 1 atom stereocenters. The number of hydroxylamine groups is 1. The number of rotatable bonds is 12. The summed E-state index contributed by atoms with van der Waals surface area (Å²) in [5, 5.41) is 5.23. The summed E-state index contributed by atoms with van der Waals surface area (Å²) < 4.78 is 6.06. The van der Waals surface area contributed by atoms with E-state index in [0.29, 0.717) is 12.6 Å². The zero-order valence-corrected chi connectivity index (χ0v) is 22.8. The second kappa shape index (κ2) is 13.2. The van der Waals surface area contributed by atoms with Gasteiger partial charge in [-0.3, -0.25) is 4.84 Å². The van der Waals surface area contributed by atoms with Gasteiger partial charge in [0.05, 0.1) is 12.6 Å². The molecule has 1 aliphatic heterocycles. The van der Waals surface area contributed by atoms with E-state index in [-0.39, 0.29) is 6.04 Å². The van der Waals surface area contributed by atoms with Crippen LogP contribution in [0.2, 0.25) is 0 Å². The van der Waals surface area contributed by atoms with Gasteiger partial charge in [0.2, 0.25) is 5.95 Å². The summed E-state index contributed by atoms with van der Waals surface area (Å²) in [5.74, 6) is 2.87. The third-order valence-corrected chi connectivity index (χ3v) is 6.81. The highest BCUT2D eigenvalue weighted by atomic mass is 16.7. The molecule has 4 aromatic rings. The first kappa shape index (κ1) is 26.7. The van der Waals surface area contributed by atoms with Crippen LogP contribution < -0.4 is 15.1 Å². The van der Waals surface area contributed by atoms with Gasteiger partial charge in [-0.1, -0.05) is 49.4 Å². The van der Waals surface area contributed by atoms with E-state index in [4.69, 9.17) is 14.6 Å². The quantitative estimate of drug-likeness (QED) is 0.211. The van der Waals surface area contributed by atoms with E-state index >= 15 is 0 Å². The first-order valence-electron chi connectivity index (χ1n) is 13.8. The molecule has 39 heavy (non-hydrogen) atoms. The number of ether oxygens (including phenoxy) is 1. The van der Waals surface area contributed by atoms with Crippen LogP contribution in [0.15, 0.2) is 91.1 Å². The third kappa shape index (κ3) is 7.34. The number of nitrogens with one attached hydrogen (secondary N) is 1.